The van der Waals surface area contributed by atoms with Gasteiger partial charge in [-0.25, -0.2) is 9.97 Å². The van der Waals surface area contributed by atoms with Crippen molar-refractivity contribution in [2.45, 2.75) is 0 Å². The van der Waals surface area contributed by atoms with Crippen LogP contribution in [0.25, 0.3) is 22.4 Å². The monoisotopic (exact) mass is 441 g/mol. The minimum Gasteiger partial charge on any atom is -0.454 e. The van der Waals surface area contributed by atoms with E-state index in [0.717, 1.165) is 73.3 Å². The van der Waals surface area contributed by atoms with E-state index in [1.807, 2.05) is 42.7 Å². The SMILES string of the molecule is Cl.c1cncc(-c2nc(NCCN3CCOCC3)ncc2-c2ccc3c(c2)OCO3)c1. The molecular weight excluding hydrogens is 418 g/mol. The van der Waals surface area contributed by atoms with Crippen molar-refractivity contribution in [2.75, 3.05) is 51.5 Å². The van der Waals surface area contributed by atoms with Gasteiger partial charge in [0.1, 0.15) is 0 Å². The molecule has 0 unspecified atom stereocenters. The van der Waals surface area contributed by atoms with Crippen LogP contribution in [0.4, 0.5) is 5.95 Å². The molecule has 0 radical (unpaired) electrons. The van der Waals surface area contributed by atoms with Gasteiger partial charge in [0, 0.05) is 55.9 Å². The Balaban J connectivity index is 0.00000231. The molecule has 2 aliphatic rings. The molecule has 2 aliphatic heterocycles. The van der Waals surface area contributed by atoms with Gasteiger partial charge in [-0.05, 0) is 29.8 Å². The van der Waals surface area contributed by atoms with Gasteiger partial charge in [0.05, 0.1) is 18.9 Å². The maximum absolute atomic E-state index is 5.54. The third kappa shape index (κ3) is 4.87. The van der Waals surface area contributed by atoms with Crippen LogP contribution in [-0.2, 0) is 4.74 Å². The Kier molecular flexibility index (Phi) is 6.81. The second-order valence-corrected chi connectivity index (χ2v) is 7.15. The standard InChI is InChI=1S/C22H23N5O3.ClH/c1-2-17(13-23-5-1)21-18(16-3-4-19-20(12-16)30-15-29-19)14-25-22(26-21)24-6-7-27-8-10-28-11-9-27;/h1-5,12-14H,6-11,15H2,(H,24,25,26);1H. The van der Waals surface area contributed by atoms with E-state index < -0.39 is 0 Å². The molecule has 0 amide bonds. The van der Waals surface area contributed by atoms with Crippen molar-refractivity contribution in [3.05, 3.63) is 48.9 Å². The summed E-state index contributed by atoms with van der Waals surface area (Å²) in [6, 6.07) is 9.79. The fraction of sp³-hybridized carbons (Fsp3) is 0.318. The van der Waals surface area contributed by atoms with Crippen LogP contribution in [0.3, 0.4) is 0 Å². The van der Waals surface area contributed by atoms with Crippen LogP contribution in [-0.4, -0.2) is 66.0 Å². The summed E-state index contributed by atoms with van der Waals surface area (Å²) in [4.78, 5) is 16.0. The summed E-state index contributed by atoms with van der Waals surface area (Å²) in [7, 11) is 0. The average molecular weight is 442 g/mol. The maximum Gasteiger partial charge on any atom is 0.231 e. The number of hydrogen-bond donors (Lipinski definition) is 1. The number of rotatable bonds is 6. The van der Waals surface area contributed by atoms with Crippen LogP contribution in [0.2, 0.25) is 0 Å². The highest BCUT2D eigenvalue weighted by Crippen LogP contribution is 2.38. The van der Waals surface area contributed by atoms with Crippen LogP contribution in [0.15, 0.2) is 48.9 Å². The molecule has 0 atom stereocenters. The minimum atomic E-state index is 0. The average Bonchev–Trinajstić information content (AvgIpc) is 3.28. The normalized spacial score (nSPS) is 15.4. The van der Waals surface area contributed by atoms with E-state index in [0.29, 0.717) is 5.95 Å². The summed E-state index contributed by atoms with van der Waals surface area (Å²) in [5, 5.41) is 3.35. The van der Waals surface area contributed by atoms with Crippen molar-refractivity contribution in [1.82, 2.24) is 19.9 Å². The Morgan fingerprint density at radius 1 is 1.00 bits per heavy atom. The number of fused-ring (bicyclic) bond motifs is 1. The third-order valence-corrected chi connectivity index (χ3v) is 5.22. The largest absolute Gasteiger partial charge is 0.454 e. The second-order valence-electron chi connectivity index (χ2n) is 7.15. The Hall–Kier alpha value is -2.94. The zero-order chi connectivity index (χ0) is 20.2. The number of benzene rings is 1. The number of halogens is 1. The van der Waals surface area contributed by atoms with E-state index in [1.54, 1.807) is 6.20 Å². The van der Waals surface area contributed by atoms with Crippen LogP contribution in [0.1, 0.15) is 0 Å². The van der Waals surface area contributed by atoms with E-state index in [9.17, 15) is 0 Å². The fourth-order valence-corrected chi connectivity index (χ4v) is 3.62. The van der Waals surface area contributed by atoms with Gasteiger partial charge >= 0.3 is 0 Å². The first-order chi connectivity index (χ1) is 14.9. The van der Waals surface area contributed by atoms with Crippen molar-refractivity contribution in [3.63, 3.8) is 0 Å². The zero-order valence-corrected chi connectivity index (χ0v) is 17.8. The summed E-state index contributed by atoms with van der Waals surface area (Å²) in [5.41, 5.74) is 3.65. The lowest BCUT2D eigenvalue weighted by Gasteiger charge is -2.26. The van der Waals surface area contributed by atoms with Gasteiger partial charge in [0.2, 0.25) is 12.7 Å². The highest BCUT2D eigenvalue weighted by Gasteiger charge is 2.18. The van der Waals surface area contributed by atoms with Crippen LogP contribution in [0, 0.1) is 0 Å². The molecule has 31 heavy (non-hydrogen) atoms. The van der Waals surface area contributed by atoms with Gasteiger partial charge in [0.25, 0.3) is 0 Å². The molecule has 1 fully saturated rings. The molecule has 3 aromatic rings. The number of morpholine rings is 1. The molecule has 2 aromatic heterocycles. The van der Waals surface area contributed by atoms with Gasteiger partial charge < -0.3 is 19.5 Å². The lowest BCUT2D eigenvalue weighted by molar-refractivity contribution is 0.0398. The van der Waals surface area contributed by atoms with E-state index in [-0.39, 0.29) is 19.2 Å². The zero-order valence-electron chi connectivity index (χ0n) is 17.0. The summed E-state index contributed by atoms with van der Waals surface area (Å²) in [6.07, 6.45) is 5.42. The van der Waals surface area contributed by atoms with Gasteiger partial charge in [-0.1, -0.05) is 6.07 Å². The summed E-state index contributed by atoms with van der Waals surface area (Å²) in [6.45, 7) is 5.47. The van der Waals surface area contributed by atoms with Gasteiger partial charge in [-0.15, -0.1) is 12.4 Å². The fourth-order valence-electron chi connectivity index (χ4n) is 3.62. The quantitative estimate of drug-likeness (QED) is 0.625. The van der Waals surface area contributed by atoms with Crippen LogP contribution < -0.4 is 14.8 Å². The third-order valence-electron chi connectivity index (χ3n) is 5.22. The Labute approximate surface area is 187 Å². The Bertz CT molecular complexity index is 1020. The number of nitrogens with one attached hydrogen (secondary N) is 1. The Morgan fingerprint density at radius 2 is 1.87 bits per heavy atom. The number of hydrogen-bond acceptors (Lipinski definition) is 8. The molecule has 8 nitrogen and oxygen atoms in total. The summed E-state index contributed by atoms with van der Waals surface area (Å²) >= 11 is 0. The number of pyridine rings is 1. The molecule has 162 valence electrons. The highest BCUT2D eigenvalue weighted by molar-refractivity contribution is 5.85. The number of ether oxygens (including phenoxy) is 3. The molecule has 0 bridgehead atoms. The summed E-state index contributed by atoms with van der Waals surface area (Å²) < 4.78 is 16.4. The maximum atomic E-state index is 5.54. The second kappa shape index (κ2) is 9.91. The Morgan fingerprint density at radius 3 is 2.71 bits per heavy atom. The first-order valence-electron chi connectivity index (χ1n) is 10.1. The van der Waals surface area contributed by atoms with Crippen molar-refractivity contribution >= 4 is 18.4 Å². The molecule has 4 heterocycles. The molecule has 1 N–H and O–H groups in total. The topological polar surface area (TPSA) is 81.6 Å². The summed E-state index contributed by atoms with van der Waals surface area (Å²) in [5.74, 6) is 2.09. The van der Waals surface area contributed by atoms with Crippen molar-refractivity contribution < 1.29 is 14.2 Å². The molecule has 1 aromatic carbocycles. The van der Waals surface area contributed by atoms with E-state index in [1.165, 1.54) is 0 Å². The number of anilines is 1. The van der Waals surface area contributed by atoms with Crippen LogP contribution >= 0.6 is 12.4 Å². The first kappa shape index (κ1) is 21.3. The molecule has 9 heteroatoms. The molecule has 0 spiro atoms. The van der Waals surface area contributed by atoms with Crippen molar-refractivity contribution in [3.8, 4) is 33.9 Å². The van der Waals surface area contributed by atoms with E-state index >= 15 is 0 Å². The smallest absolute Gasteiger partial charge is 0.231 e. The minimum absolute atomic E-state index is 0. The van der Waals surface area contributed by atoms with Crippen molar-refractivity contribution in [1.29, 1.82) is 0 Å². The van der Waals surface area contributed by atoms with Gasteiger partial charge in [0.15, 0.2) is 11.5 Å². The van der Waals surface area contributed by atoms with E-state index in [2.05, 4.69) is 20.2 Å². The van der Waals surface area contributed by atoms with Crippen molar-refractivity contribution in [2.24, 2.45) is 0 Å². The highest BCUT2D eigenvalue weighted by atomic mass is 35.5. The lowest BCUT2D eigenvalue weighted by Crippen LogP contribution is -2.39. The van der Waals surface area contributed by atoms with Crippen LogP contribution in [0.5, 0.6) is 11.5 Å². The van der Waals surface area contributed by atoms with E-state index in [4.69, 9.17) is 19.2 Å². The molecule has 1 saturated heterocycles. The predicted octanol–water partition coefficient (Wildman–Crippen LogP) is 3.10. The molecular formula is C22H24ClN5O3. The number of nitrogens with zero attached hydrogens (tertiary/aromatic N) is 4. The molecule has 5 rings (SSSR count). The van der Waals surface area contributed by atoms with Gasteiger partial charge in [-0.3, -0.25) is 9.88 Å². The first-order valence-corrected chi connectivity index (χ1v) is 10.1. The number of aromatic nitrogens is 3. The lowest BCUT2D eigenvalue weighted by atomic mass is 10.0. The molecule has 0 aliphatic carbocycles. The predicted molar refractivity (Wildman–Crippen MR) is 120 cm³/mol. The molecule has 0 saturated carbocycles. The van der Waals surface area contributed by atoms with Gasteiger partial charge in [-0.2, -0.15) is 0 Å².